The lowest BCUT2D eigenvalue weighted by Gasteiger charge is -2.28. The van der Waals surface area contributed by atoms with Crippen molar-refractivity contribution in [3.05, 3.63) is 96.6 Å². The highest BCUT2D eigenvalue weighted by atomic mass is 35.5. The van der Waals surface area contributed by atoms with Crippen LogP contribution in [0.15, 0.2) is 101 Å². The monoisotopic (exact) mass is 336 g/mol. The van der Waals surface area contributed by atoms with Crippen molar-refractivity contribution in [3.63, 3.8) is 0 Å². The normalized spacial score (nSPS) is 13.8. The minimum atomic E-state index is -0.0963. The predicted molar refractivity (Wildman–Crippen MR) is 99.1 cm³/mol. The average molecular weight is 337 g/mol. The van der Waals surface area contributed by atoms with Gasteiger partial charge in [-0.3, -0.25) is 0 Å². The number of nitrogens with zero attached hydrogens (tertiary/aromatic N) is 4. The average Bonchev–Trinajstić information content (AvgIpc) is 3.09. The van der Waals surface area contributed by atoms with E-state index in [0.29, 0.717) is 0 Å². The van der Waals surface area contributed by atoms with Crippen molar-refractivity contribution in [1.82, 2.24) is 0 Å². The van der Waals surface area contributed by atoms with Gasteiger partial charge in [0.05, 0.1) is 11.4 Å². The van der Waals surface area contributed by atoms with Crippen LogP contribution in [0, 0.1) is 0 Å². The van der Waals surface area contributed by atoms with E-state index in [1.807, 2.05) is 88.9 Å². The first-order valence-corrected chi connectivity index (χ1v) is 7.58. The van der Waals surface area contributed by atoms with E-state index >= 15 is 0 Å². The standard InChI is InChI=1S/C19H16N4.ClH/c1-4-10-16(11-5-1)19-22(17-12-6-2-7-13-17)20-21-23(19)18-14-8-3-9-15-18;/h1-15,19H;1H. The van der Waals surface area contributed by atoms with E-state index < -0.39 is 0 Å². The van der Waals surface area contributed by atoms with Crippen LogP contribution in [0.25, 0.3) is 0 Å². The maximum absolute atomic E-state index is 4.41. The molecule has 120 valence electrons. The molecule has 24 heavy (non-hydrogen) atoms. The molecule has 1 heterocycles. The Bertz CT molecular complexity index is 744. The molecule has 0 N–H and O–H groups in total. The van der Waals surface area contributed by atoms with Gasteiger partial charge in [0.25, 0.3) is 0 Å². The van der Waals surface area contributed by atoms with Crippen LogP contribution in [0.4, 0.5) is 11.4 Å². The molecule has 4 rings (SSSR count). The Kier molecular flexibility index (Phi) is 4.77. The van der Waals surface area contributed by atoms with E-state index in [4.69, 9.17) is 0 Å². The fourth-order valence-electron chi connectivity index (χ4n) is 2.74. The highest BCUT2D eigenvalue weighted by molar-refractivity contribution is 5.85. The summed E-state index contributed by atoms with van der Waals surface area (Å²) in [5, 5.41) is 12.7. The zero-order chi connectivity index (χ0) is 15.5. The summed E-state index contributed by atoms with van der Waals surface area (Å²) in [5.74, 6) is 0. The lowest BCUT2D eigenvalue weighted by molar-refractivity contribution is 0.684. The van der Waals surface area contributed by atoms with Crippen molar-refractivity contribution in [2.24, 2.45) is 10.4 Å². The molecule has 5 heteroatoms. The number of hydrogen-bond acceptors (Lipinski definition) is 4. The molecule has 0 amide bonds. The summed E-state index contributed by atoms with van der Waals surface area (Å²) in [6, 6.07) is 30.5. The van der Waals surface area contributed by atoms with Crippen molar-refractivity contribution in [3.8, 4) is 0 Å². The second-order valence-corrected chi connectivity index (χ2v) is 5.32. The summed E-state index contributed by atoms with van der Waals surface area (Å²) in [6.45, 7) is 0. The highest BCUT2D eigenvalue weighted by Gasteiger charge is 2.33. The van der Waals surface area contributed by atoms with Crippen LogP contribution >= 0.6 is 12.4 Å². The summed E-state index contributed by atoms with van der Waals surface area (Å²) in [5.41, 5.74) is 3.18. The van der Waals surface area contributed by atoms with E-state index in [2.05, 4.69) is 22.6 Å². The van der Waals surface area contributed by atoms with Gasteiger partial charge in [-0.05, 0) is 40.3 Å². The van der Waals surface area contributed by atoms with Crippen molar-refractivity contribution in [2.75, 3.05) is 10.0 Å². The first-order valence-electron chi connectivity index (χ1n) is 7.58. The number of hydrogen-bond donors (Lipinski definition) is 0. The molecule has 0 fully saturated rings. The Balaban J connectivity index is 0.00000169. The summed E-state index contributed by atoms with van der Waals surface area (Å²) in [6.07, 6.45) is -0.0963. The van der Waals surface area contributed by atoms with Gasteiger partial charge in [0.15, 0.2) is 6.17 Å². The molecule has 0 atom stereocenters. The quantitative estimate of drug-likeness (QED) is 0.639. The lowest BCUT2D eigenvalue weighted by atomic mass is 10.1. The maximum atomic E-state index is 4.41. The molecule has 0 bridgehead atoms. The van der Waals surface area contributed by atoms with Crippen LogP contribution in [-0.2, 0) is 0 Å². The Morgan fingerprint density at radius 2 is 0.917 bits per heavy atom. The third kappa shape index (κ3) is 2.96. The zero-order valence-electron chi connectivity index (χ0n) is 12.9. The SMILES string of the molecule is Cl.c1ccc(C2N(c3ccccc3)N=NN2c2ccccc2)cc1. The molecule has 0 aromatic heterocycles. The summed E-state index contributed by atoms with van der Waals surface area (Å²) >= 11 is 0. The maximum Gasteiger partial charge on any atom is 0.173 e. The van der Waals surface area contributed by atoms with Gasteiger partial charge < -0.3 is 0 Å². The number of halogens is 1. The summed E-state index contributed by atoms with van der Waals surface area (Å²) < 4.78 is 0. The third-order valence-electron chi connectivity index (χ3n) is 3.84. The molecule has 0 radical (unpaired) electrons. The highest BCUT2D eigenvalue weighted by Crippen LogP contribution is 2.38. The van der Waals surface area contributed by atoms with Gasteiger partial charge in [0, 0.05) is 0 Å². The van der Waals surface area contributed by atoms with Gasteiger partial charge in [-0.25, -0.2) is 10.0 Å². The van der Waals surface area contributed by atoms with E-state index in [-0.39, 0.29) is 18.6 Å². The molecule has 0 aliphatic carbocycles. The van der Waals surface area contributed by atoms with Crippen LogP contribution < -0.4 is 10.0 Å². The van der Waals surface area contributed by atoms with Crippen LogP contribution in [-0.4, -0.2) is 0 Å². The molecule has 0 saturated heterocycles. The molecule has 3 aromatic carbocycles. The first kappa shape index (κ1) is 16.0. The van der Waals surface area contributed by atoms with Crippen molar-refractivity contribution < 1.29 is 0 Å². The largest absolute Gasteiger partial charge is 0.216 e. The number of benzene rings is 3. The second kappa shape index (κ2) is 7.15. The number of rotatable bonds is 3. The van der Waals surface area contributed by atoms with Crippen LogP contribution in [0.3, 0.4) is 0 Å². The molecule has 0 saturated carbocycles. The van der Waals surface area contributed by atoms with Gasteiger partial charge in [0.2, 0.25) is 0 Å². The lowest BCUT2D eigenvalue weighted by Crippen LogP contribution is -2.30. The fraction of sp³-hybridized carbons (Fsp3) is 0.0526. The van der Waals surface area contributed by atoms with E-state index in [1.54, 1.807) is 0 Å². The van der Waals surface area contributed by atoms with Crippen LogP contribution in [0.5, 0.6) is 0 Å². The van der Waals surface area contributed by atoms with Gasteiger partial charge >= 0.3 is 0 Å². The summed E-state index contributed by atoms with van der Waals surface area (Å²) in [7, 11) is 0. The minimum absolute atomic E-state index is 0. The molecular formula is C19H17ClN4. The molecule has 4 nitrogen and oxygen atoms in total. The smallest absolute Gasteiger partial charge is 0.173 e. The Morgan fingerprint density at radius 3 is 1.33 bits per heavy atom. The Labute approximate surface area is 147 Å². The third-order valence-corrected chi connectivity index (χ3v) is 3.84. The molecule has 1 aliphatic heterocycles. The topological polar surface area (TPSA) is 31.2 Å². The predicted octanol–water partition coefficient (Wildman–Crippen LogP) is 5.42. The van der Waals surface area contributed by atoms with E-state index in [0.717, 1.165) is 16.9 Å². The molecular weight excluding hydrogens is 320 g/mol. The zero-order valence-corrected chi connectivity index (χ0v) is 13.8. The van der Waals surface area contributed by atoms with Crippen molar-refractivity contribution in [1.29, 1.82) is 0 Å². The van der Waals surface area contributed by atoms with E-state index in [1.165, 1.54) is 0 Å². The number of para-hydroxylation sites is 2. The van der Waals surface area contributed by atoms with Crippen molar-refractivity contribution in [2.45, 2.75) is 6.17 Å². The Hall–Kier alpha value is -2.85. The summed E-state index contributed by atoms with van der Waals surface area (Å²) in [4.78, 5) is 0. The molecule has 0 spiro atoms. The van der Waals surface area contributed by atoms with E-state index in [9.17, 15) is 0 Å². The Morgan fingerprint density at radius 1 is 0.542 bits per heavy atom. The van der Waals surface area contributed by atoms with Gasteiger partial charge in [0.1, 0.15) is 0 Å². The second-order valence-electron chi connectivity index (χ2n) is 5.32. The number of anilines is 2. The molecule has 0 unspecified atom stereocenters. The minimum Gasteiger partial charge on any atom is -0.216 e. The van der Waals surface area contributed by atoms with Gasteiger partial charge in [-0.1, -0.05) is 66.7 Å². The molecule has 1 aliphatic rings. The van der Waals surface area contributed by atoms with Gasteiger partial charge in [-0.2, -0.15) is 0 Å². The first-order chi connectivity index (χ1) is 11.4. The van der Waals surface area contributed by atoms with Gasteiger partial charge in [-0.15, -0.1) is 12.4 Å². The fourth-order valence-corrected chi connectivity index (χ4v) is 2.74. The van der Waals surface area contributed by atoms with Crippen LogP contribution in [0.2, 0.25) is 0 Å². The van der Waals surface area contributed by atoms with Crippen molar-refractivity contribution >= 4 is 23.8 Å². The van der Waals surface area contributed by atoms with Crippen LogP contribution in [0.1, 0.15) is 11.7 Å². The molecule has 3 aromatic rings.